The van der Waals surface area contributed by atoms with Crippen molar-refractivity contribution in [1.82, 2.24) is 0 Å². The Morgan fingerprint density at radius 1 is 1.33 bits per heavy atom. The fourth-order valence-corrected chi connectivity index (χ4v) is 2.23. The molecule has 1 unspecified atom stereocenters. The van der Waals surface area contributed by atoms with Crippen LogP contribution in [0.3, 0.4) is 0 Å². The van der Waals surface area contributed by atoms with Crippen LogP contribution in [0.5, 0.6) is 0 Å². The average molecular weight is 218 g/mol. The predicted octanol–water partition coefficient (Wildman–Crippen LogP) is -0.148. The first-order chi connectivity index (χ1) is 6.94. The minimum absolute atomic E-state index is 0.0129. The normalized spacial score (nSPS) is 45.4. The first-order valence-corrected chi connectivity index (χ1v) is 5.24. The molecule has 0 amide bonds. The summed E-state index contributed by atoms with van der Waals surface area (Å²) in [5.41, 5.74) is 0. The lowest BCUT2D eigenvalue weighted by molar-refractivity contribution is -0.221. The second-order valence-corrected chi connectivity index (χ2v) is 4.68. The first kappa shape index (κ1) is 11.3. The molecule has 0 aromatic heterocycles. The van der Waals surface area contributed by atoms with Gasteiger partial charge in [0, 0.05) is 5.92 Å². The Morgan fingerprint density at radius 2 is 2.00 bits per heavy atom. The second-order valence-electron chi connectivity index (χ2n) is 4.68. The zero-order valence-corrected chi connectivity index (χ0v) is 9.21. The van der Waals surface area contributed by atoms with Crippen LogP contribution < -0.4 is 0 Å². The van der Waals surface area contributed by atoms with Crippen molar-refractivity contribution in [3.8, 4) is 0 Å². The van der Waals surface area contributed by atoms with Crippen LogP contribution in [0.15, 0.2) is 0 Å². The summed E-state index contributed by atoms with van der Waals surface area (Å²) >= 11 is 0. The van der Waals surface area contributed by atoms with Gasteiger partial charge in [-0.1, -0.05) is 6.92 Å². The molecule has 0 aliphatic carbocycles. The zero-order valence-electron chi connectivity index (χ0n) is 9.21. The maximum Gasteiger partial charge on any atom is 0.187 e. The van der Waals surface area contributed by atoms with Crippen LogP contribution in [0.1, 0.15) is 20.8 Å². The van der Waals surface area contributed by atoms with Crippen molar-refractivity contribution in [3.63, 3.8) is 0 Å². The molecule has 0 saturated carbocycles. The highest BCUT2D eigenvalue weighted by molar-refractivity contribution is 4.93. The van der Waals surface area contributed by atoms with Crippen LogP contribution >= 0.6 is 0 Å². The zero-order chi connectivity index (χ0) is 11.2. The van der Waals surface area contributed by atoms with E-state index in [0.29, 0.717) is 0 Å². The maximum atomic E-state index is 9.53. The van der Waals surface area contributed by atoms with Gasteiger partial charge < -0.3 is 24.4 Å². The van der Waals surface area contributed by atoms with E-state index >= 15 is 0 Å². The molecule has 2 aliphatic heterocycles. The van der Waals surface area contributed by atoms with E-state index in [1.54, 1.807) is 0 Å². The molecule has 2 heterocycles. The van der Waals surface area contributed by atoms with E-state index in [1.165, 1.54) is 0 Å². The van der Waals surface area contributed by atoms with Gasteiger partial charge in [-0.3, -0.25) is 0 Å². The molecule has 5 heteroatoms. The van der Waals surface area contributed by atoms with E-state index in [0.717, 1.165) is 0 Å². The highest BCUT2D eigenvalue weighted by Gasteiger charge is 2.54. The van der Waals surface area contributed by atoms with Gasteiger partial charge in [-0.2, -0.15) is 0 Å². The molecule has 2 aliphatic rings. The lowest BCUT2D eigenvalue weighted by Gasteiger charge is -2.25. The highest BCUT2D eigenvalue weighted by atomic mass is 16.8. The lowest BCUT2D eigenvalue weighted by atomic mass is 9.97. The average Bonchev–Trinajstić information content (AvgIpc) is 2.60. The molecule has 2 fully saturated rings. The summed E-state index contributed by atoms with van der Waals surface area (Å²) < 4.78 is 16.7. The third-order valence-corrected chi connectivity index (χ3v) is 2.98. The van der Waals surface area contributed by atoms with Crippen LogP contribution in [0, 0.1) is 5.92 Å². The molecule has 0 aromatic rings. The van der Waals surface area contributed by atoms with Gasteiger partial charge in [-0.05, 0) is 13.8 Å². The Labute approximate surface area is 88.9 Å². The first-order valence-electron chi connectivity index (χ1n) is 5.24. The monoisotopic (exact) mass is 218 g/mol. The third-order valence-electron chi connectivity index (χ3n) is 2.98. The molecular formula is C10H18O5. The standard InChI is InChI=1S/C10H18O5/c1-5-7(6(12)4-11)13-9-8(5)14-10(2,3)15-9/h5-9,11-12H,4H2,1-3H3/t5-,6-,7?,8+,9+/m0/s1. The van der Waals surface area contributed by atoms with Crippen molar-refractivity contribution in [1.29, 1.82) is 0 Å². The van der Waals surface area contributed by atoms with Crippen LogP contribution in [-0.2, 0) is 14.2 Å². The summed E-state index contributed by atoms with van der Waals surface area (Å²) in [6.45, 7) is 5.29. The smallest absolute Gasteiger partial charge is 0.187 e. The van der Waals surface area contributed by atoms with Gasteiger partial charge in [0.2, 0.25) is 0 Å². The van der Waals surface area contributed by atoms with E-state index in [4.69, 9.17) is 19.3 Å². The minimum atomic E-state index is -0.874. The molecule has 5 atom stereocenters. The number of rotatable bonds is 2. The molecule has 0 aromatic carbocycles. The number of fused-ring (bicyclic) bond motifs is 1. The van der Waals surface area contributed by atoms with E-state index in [1.807, 2.05) is 20.8 Å². The SMILES string of the molecule is C[C@H]1C([C@@H](O)CO)O[C@@H]2OC(C)(C)O[C@@H]21. The van der Waals surface area contributed by atoms with Crippen LogP contribution in [-0.4, -0.2) is 47.2 Å². The predicted molar refractivity (Wildman–Crippen MR) is 51.0 cm³/mol. The second kappa shape index (κ2) is 3.68. The molecule has 0 radical (unpaired) electrons. The van der Waals surface area contributed by atoms with Crippen LogP contribution in [0.2, 0.25) is 0 Å². The van der Waals surface area contributed by atoms with Gasteiger partial charge in [0.15, 0.2) is 12.1 Å². The fraction of sp³-hybridized carbons (Fsp3) is 1.00. The minimum Gasteiger partial charge on any atom is -0.394 e. The van der Waals surface area contributed by atoms with Crippen LogP contribution in [0.25, 0.3) is 0 Å². The Bertz CT molecular complexity index is 242. The van der Waals surface area contributed by atoms with Crippen molar-refractivity contribution < 1.29 is 24.4 Å². The van der Waals surface area contributed by atoms with Gasteiger partial charge in [0.25, 0.3) is 0 Å². The van der Waals surface area contributed by atoms with Gasteiger partial charge in [-0.25, -0.2) is 0 Å². The molecule has 2 N–H and O–H groups in total. The van der Waals surface area contributed by atoms with Crippen molar-refractivity contribution in [2.24, 2.45) is 5.92 Å². The largest absolute Gasteiger partial charge is 0.394 e. The lowest BCUT2D eigenvalue weighted by Crippen LogP contribution is -2.37. The number of hydrogen-bond donors (Lipinski definition) is 2. The number of ether oxygens (including phenoxy) is 3. The number of aliphatic hydroxyl groups is 2. The summed E-state index contributed by atoms with van der Waals surface area (Å²) in [5.74, 6) is -0.613. The molecule has 0 spiro atoms. The topological polar surface area (TPSA) is 68.2 Å². The maximum absolute atomic E-state index is 9.53. The molecule has 5 nitrogen and oxygen atoms in total. The summed E-state index contributed by atoms with van der Waals surface area (Å²) in [6, 6.07) is 0. The third kappa shape index (κ3) is 1.90. The molecule has 2 saturated heterocycles. The molecule has 88 valence electrons. The fourth-order valence-electron chi connectivity index (χ4n) is 2.23. The Hall–Kier alpha value is -0.200. The highest BCUT2D eigenvalue weighted by Crippen LogP contribution is 2.41. The Balaban J connectivity index is 2.05. The van der Waals surface area contributed by atoms with Crippen LogP contribution in [0.4, 0.5) is 0 Å². The number of aliphatic hydroxyl groups excluding tert-OH is 2. The number of hydrogen-bond acceptors (Lipinski definition) is 5. The van der Waals surface area contributed by atoms with Gasteiger partial charge >= 0.3 is 0 Å². The Kier molecular flexibility index (Phi) is 2.77. The van der Waals surface area contributed by atoms with Gasteiger partial charge in [0.1, 0.15) is 12.2 Å². The van der Waals surface area contributed by atoms with Gasteiger partial charge in [0.05, 0.1) is 12.7 Å². The quantitative estimate of drug-likeness (QED) is 0.674. The Morgan fingerprint density at radius 3 is 2.53 bits per heavy atom. The summed E-state index contributed by atoms with van der Waals surface area (Å²) in [7, 11) is 0. The van der Waals surface area contributed by atoms with E-state index in [2.05, 4.69) is 0 Å². The van der Waals surface area contributed by atoms with E-state index in [-0.39, 0.29) is 18.6 Å². The van der Waals surface area contributed by atoms with Crippen molar-refractivity contribution in [3.05, 3.63) is 0 Å². The van der Waals surface area contributed by atoms with E-state index in [9.17, 15) is 5.11 Å². The molecular weight excluding hydrogens is 200 g/mol. The molecule has 15 heavy (non-hydrogen) atoms. The molecule has 0 bridgehead atoms. The summed E-state index contributed by atoms with van der Waals surface area (Å²) in [4.78, 5) is 0. The van der Waals surface area contributed by atoms with Crippen molar-refractivity contribution in [2.45, 2.75) is 51.2 Å². The summed E-state index contributed by atoms with van der Waals surface area (Å²) in [6.07, 6.45) is -1.88. The molecule has 2 rings (SSSR count). The van der Waals surface area contributed by atoms with Crippen molar-refractivity contribution in [2.75, 3.05) is 6.61 Å². The van der Waals surface area contributed by atoms with E-state index < -0.39 is 24.3 Å². The van der Waals surface area contributed by atoms with Crippen molar-refractivity contribution >= 4 is 0 Å². The summed E-state index contributed by atoms with van der Waals surface area (Å²) in [5, 5.41) is 18.4. The van der Waals surface area contributed by atoms with Gasteiger partial charge in [-0.15, -0.1) is 0 Å².